The smallest absolute Gasteiger partial charge is 0.167 e. The number of aromatic hydroxyl groups is 1. The van der Waals surface area contributed by atoms with Crippen molar-refractivity contribution in [2.45, 2.75) is 19.8 Å². The quantitative estimate of drug-likeness (QED) is 0.821. The number of hydrogen-bond donors (Lipinski definition) is 2. The summed E-state index contributed by atoms with van der Waals surface area (Å²) in [7, 11) is 1.55. The van der Waals surface area contributed by atoms with Crippen LogP contribution in [0.15, 0.2) is 18.2 Å². The van der Waals surface area contributed by atoms with Gasteiger partial charge in [-0.05, 0) is 23.6 Å². The van der Waals surface area contributed by atoms with Crippen molar-refractivity contribution in [2.24, 2.45) is 5.73 Å². The molecule has 0 aromatic heterocycles. The third-order valence-electron chi connectivity index (χ3n) is 2.42. The minimum atomic E-state index is 0.172. The van der Waals surface area contributed by atoms with Crippen molar-refractivity contribution in [2.75, 3.05) is 13.7 Å². The number of rotatable bonds is 4. The Bertz CT molecular complexity index is 384. The molecular formula is C13H19NO2. The molecule has 1 aromatic rings. The molecule has 3 heteroatoms. The normalized spacial score (nSPS) is 11.3. The molecule has 0 unspecified atom stereocenters. The first-order chi connectivity index (χ1) is 7.60. The van der Waals surface area contributed by atoms with Gasteiger partial charge >= 0.3 is 0 Å². The zero-order valence-corrected chi connectivity index (χ0v) is 10.0. The summed E-state index contributed by atoms with van der Waals surface area (Å²) in [6.45, 7) is 4.63. The van der Waals surface area contributed by atoms with Crippen LogP contribution < -0.4 is 10.5 Å². The van der Waals surface area contributed by atoms with Crippen LogP contribution in [0.1, 0.15) is 30.9 Å². The highest BCUT2D eigenvalue weighted by Gasteiger charge is 2.10. The highest BCUT2D eigenvalue weighted by Crippen LogP contribution is 2.34. The maximum absolute atomic E-state index is 9.83. The summed E-state index contributed by atoms with van der Waals surface area (Å²) >= 11 is 0. The Morgan fingerprint density at radius 1 is 1.44 bits per heavy atom. The van der Waals surface area contributed by atoms with E-state index >= 15 is 0 Å². The first-order valence-corrected chi connectivity index (χ1v) is 5.37. The van der Waals surface area contributed by atoms with Gasteiger partial charge in [0.2, 0.25) is 0 Å². The Morgan fingerprint density at radius 2 is 2.12 bits per heavy atom. The van der Waals surface area contributed by atoms with E-state index in [1.54, 1.807) is 13.2 Å². The molecule has 0 atom stereocenters. The van der Waals surface area contributed by atoms with Crippen LogP contribution in [-0.2, 0) is 0 Å². The van der Waals surface area contributed by atoms with Crippen molar-refractivity contribution in [3.63, 3.8) is 0 Å². The van der Waals surface area contributed by atoms with Crippen LogP contribution in [0.2, 0.25) is 0 Å². The third kappa shape index (κ3) is 2.76. The SMILES string of the molecule is COc1c(O)cc(C(C)C)cc1/C=C/CN. The zero-order chi connectivity index (χ0) is 12.1. The molecule has 88 valence electrons. The average molecular weight is 221 g/mol. The number of benzene rings is 1. The van der Waals surface area contributed by atoms with Gasteiger partial charge in [0.15, 0.2) is 11.5 Å². The minimum absolute atomic E-state index is 0.172. The molecule has 0 aliphatic heterocycles. The van der Waals surface area contributed by atoms with Gasteiger partial charge < -0.3 is 15.6 Å². The topological polar surface area (TPSA) is 55.5 Å². The van der Waals surface area contributed by atoms with Gasteiger partial charge in [-0.15, -0.1) is 0 Å². The summed E-state index contributed by atoms with van der Waals surface area (Å²) in [5.74, 6) is 1.03. The van der Waals surface area contributed by atoms with Gasteiger partial charge in [-0.1, -0.05) is 26.0 Å². The summed E-state index contributed by atoms with van der Waals surface area (Å²) in [5, 5.41) is 9.83. The van der Waals surface area contributed by atoms with Crippen molar-refractivity contribution in [1.29, 1.82) is 0 Å². The molecule has 0 fully saturated rings. The summed E-state index contributed by atoms with van der Waals surface area (Å²) in [5.41, 5.74) is 7.35. The van der Waals surface area contributed by atoms with Gasteiger partial charge in [-0.25, -0.2) is 0 Å². The maximum atomic E-state index is 9.83. The summed E-state index contributed by atoms with van der Waals surface area (Å²) in [6, 6.07) is 3.75. The van der Waals surface area contributed by atoms with E-state index in [0.29, 0.717) is 18.2 Å². The van der Waals surface area contributed by atoms with E-state index in [-0.39, 0.29) is 5.75 Å². The van der Waals surface area contributed by atoms with E-state index in [2.05, 4.69) is 13.8 Å². The van der Waals surface area contributed by atoms with Crippen molar-refractivity contribution >= 4 is 6.08 Å². The Hall–Kier alpha value is -1.48. The van der Waals surface area contributed by atoms with Crippen LogP contribution in [0.3, 0.4) is 0 Å². The summed E-state index contributed by atoms with van der Waals surface area (Å²) in [6.07, 6.45) is 3.70. The Labute approximate surface area is 96.5 Å². The monoisotopic (exact) mass is 221 g/mol. The number of hydrogen-bond acceptors (Lipinski definition) is 3. The van der Waals surface area contributed by atoms with Crippen molar-refractivity contribution < 1.29 is 9.84 Å². The van der Waals surface area contributed by atoms with Gasteiger partial charge in [-0.3, -0.25) is 0 Å². The van der Waals surface area contributed by atoms with E-state index in [9.17, 15) is 5.11 Å². The fourth-order valence-electron chi connectivity index (χ4n) is 1.53. The number of phenols is 1. The zero-order valence-electron chi connectivity index (χ0n) is 10.0. The van der Waals surface area contributed by atoms with E-state index in [0.717, 1.165) is 11.1 Å². The van der Waals surface area contributed by atoms with Crippen LogP contribution in [0.25, 0.3) is 6.08 Å². The first-order valence-electron chi connectivity index (χ1n) is 5.37. The minimum Gasteiger partial charge on any atom is -0.504 e. The molecule has 0 bridgehead atoms. The lowest BCUT2D eigenvalue weighted by Gasteiger charge is -2.12. The number of nitrogens with two attached hydrogens (primary N) is 1. The second-order valence-electron chi connectivity index (χ2n) is 3.96. The number of methoxy groups -OCH3 is 1. The molecule has 0 spiro atoms. The summed E-state index contributed by atoms with van der Waals surface area (Å²) < 4.78 is 5.17. The number of ether oxygens (including phenoxy) is 1. The van der Waals surface area contributed by atoms with Gasteiger partial charge in [0.05, 0.1) is 7.11 Å². The Balaban J connectivity index is 3.25. The fraction of sp³-hybridized carbons (Fsp3) is 0.385. The molecule has 0 radical (unpaired) electrons. The third-order valence-corrected chi connectivity index (χ3v) is 2.42. The Morgan fingerprint density at radius 3 is 2.62 bits per heavy atom. The molecule has 0 aliphatic rings. The van der Waals surface area contributed by atoms with E-state index in [4.69, 9.17) is 10.5 Å². The second kappa shape index (κ2) is 5.56. The van der Waals surface area contributed by atoms with Gasteiger partial charge in [0.25, 0.3) is 0 Å². The molecule has 0 saturated carbocycles. The van der Waals surface area contributed by atoms with E-state index < -0.39 is 0 Å². The van der Waals surface area contributed by atoms with Gasteiger partial charge in [-0.2, -0.15) is 0 Å². The summed E-state index contributed by atoms with van der Waals surface area (Å²) in [4.78, 5) is 0. The predicted molar refractivity (Wildman–Crippen MR) is 66.8 cm³/mol. The molecule has 0 aliphatic carbocycles. The van der Waals surface area contributed by atoms with Crippen molar-refractivity contribution in [3.8, 4) is 11.5 Å². The van der Waals surface area contributed by atoms with Crippen LogP contribution in [-0.4, -0.2) is 18.8 Å². The molecule has 16 heavy (non-hydrogen) atoms. The highest BCUT2D eigenvalue weighted by molar-refractivity contribution is 5.63. The van der Waals surface area contributed by atoms with E-state index in [1.807, 2.05) is 18.2 Å². The van der Waals surface area contributed by atoms with Crippen LogP contribution in [0, 0.1) is 0 Å². The molecular weight excluding hydrogens is 202 g/mol. The molecule has 1 aromatic carbocycles. The molecule has 0 heterocycles. The molecule has 3 nitrogen and oxygen atoms in total. The van der Waals surface area contributed by atoms with Gasteiger partial charge in [0.1, 0.15) is 0 Å². The molecule has 0 saturated heterocycles. The van der Waals surface area contributed by atoms with Crippen molar-refractivity contribution in [3.05, 3.63) is 29.3 Å². The lowest BCUT2D eigenvalue weighted by Crippen LogP contribution is -1.95. The molecule has 1 rings (SSSR count). The standard InChI is InChI=1S/C13H19NO2/c1-9(2)11-7-10(5-4-6-14)13(16-3)12(15)8-11/h4-5,7-9,15H,6,14H2,1-3H3/b5-4+. The van der Waals surface area contributed by atoms with Crippen LogP contribution in [0.5, 0.6) is 11.5 Å². The second-order valence-corrected chi connectivity index (χ2v) is 3.96. The van der Waals surface area contributed by atoms with Crippen molar-refractivity contribution in [1.82, 2.24) is 0 Å². The predicted octanol–water partition coefficient (Wildman–Crippen LogP) is 2.50. The average Bonchev–Trinajstić information content (AvgIpc) is 2.25. The number of phenolic OH excluding ortho intramolecular Hbond substituents is 1. The van der Waals surface area contributed by atoms with Crippen LogP contribution >= 0.6 is 0 Å². The maximum Gasteiger partial charge on any atom is 0.167 e. The molecule has 3 N–H and O–H groups in total. The van der Waals surface area contributed by atoms with Crippen LogP contribution in [0.4, 0.5) is 0 Å². The van der Waals surface area contributed by atoms with E-state index in [1.165, 1.54) is 0 Å². The highest BCUT2D eigenvalue weighted by atomic mass is 16.5. The fourth-order valence-corrected chi connectivity index (χ4v) is 1.53. The lowest BCUT2D eigenvalue weighted by molar-refractivity contribution is 0.372. The van der Waals surface area contributed by atoms with Gasteiger partial charge in [0, 0.05) is 12.1 Å². The Kier molecular flexibility index (Phi) is 4.38. The molecule has 0 amide bonds. The largest absolute Gasteiger partial charge is 0.504 e. The lowest BCUT2D eigenvalue weighted by atomic mass is 9.99. The first kappa shape index (κ1) is 12.6.